The lowest BCUT2D eigenvalue weighted by Gasteiger charge is -2.08. The molecule has 0 aliphatic carbocycles. The first-order valence-electron chi connectivity index (χ1n) is 6.33. The van der Waals surface area contributed by atoms with Gasteiger partial charge in [0.2, 0.25) is 5.78 Å². The Balaban J connectivity index is 2.00. The monoisotopic (exact) mass is 304 g/mol. The van der Waals surface area contributed by atoms with Crippen molar-refractivity contribution in [3.8, 4) is 5.75 Å². The van der Waals surface area contributed by atoms with Crippen LogP contribution in [0, 0.1) is 13.8 Å². The number of thiazole rings is 1. The van der Waals surface area contributed by atoms with Crippen molar-refractivity contribution in [2.45, 2.75) is 20.3 Å². The minimum Gasteiger partial charge on any atom is -0.550 e. The second-order valence-corrected chi connectivity index (χ2v) is 5.53. The molecule has 110 valence electrons. The molecule has 1 aromatic carbocycles. The molecule has 0 saturated heterocycles. The van der Waals surface area contributed by atoms with E-state index >= 15 is 0 Å². The number of carboxylic acid groups (broad SMARTS) is 1. The Morgan fingerprint density at radius 1 is 1.33 bits per heavy atom. The SMILES string of the molecule is Cc1ccc(C)c(OCC(=O)c2nc(CC(=O)[O-])cs2)c1. The van der Waals surface area contributed by atoms with Gasteiger partial charge in [-0.05, 0) is 31.0 Å². The highest BCUT2D eigenvalue weighted by Crippen LogP contribution is 2.19. The number of carboxylic acids is 1. The minimum atomic E-state index is -1.22. The van der Waals surface area contributed by atoms with E-state index in [1.807, 2.05) is 32.0 Å². The number of ketones is 1. The van der Waals surface area contributed by atoms with Crippen molar-refractivity contribution in [1.29, 1.82) is 0 Å². The van der Waals surface area contributed by atoms with Gasteiger partial charge in [0.05, 0.1) is 5.69 Å². The number of carbonyl (C=O) groups is 2. The topological polar surface area (TPSA) is 79.3 Å². The maximum atomic E-state index is 12.0. The van der Waals surface area contributed by atoms with Gasteiger partial charge in [-0.2, -0.15) is 0 Å². The summed E-state index contributed by atoms with van der Waals surface area (Å²) in [6, 6.07) is 5.76. The third kappa shape index (κ3) is 4.13. The van der Waals surface area contributed by atoms with Crippen LogP contribution in [0.25, 0.3) is 0 Å². The van der Waals surface area contributed by atoms with Crippen LogP contribution in [-0.2, 0) is 11.2 Å². The van der Waals surface area contributed by atoms with Crippen molar-refractivity contribution in [1.82, 2.24) is 4.98 Å². The quantitative estimate of drug-likeness (QED) is 0.752. The Morgan fingerprint density at radius 2 is 2.10 bits per heavy atom. The maximum Gasteiger partial charge on any atom is 0.228 e. The molecule has 6 heteroatoms. The van der Waals surface area contributed by atoms with Gasteiger partial charge in [0, 0.05) is 17.8 Å². The lowest BCUT2D eigenvalue weighted by Crippen LogP contribution is -2.24. The standard InChI is InChI=1S/C15H15NO4S/c1-9-3-4-10(2)13(5-9)20-7-12(17)15-16-11(8-21-15)6-14(18)19/h3-5,8H,6-7H2,1-2H3,(H,18,19)/p-1. The summed E-state index contributed by atoms with van der Waals surface area (Å²) in [5.41, 5.74) is 2.33. The molecule has 5 nitrogen and oxygen atoms in total. The Bertz CT molecular complexity index is 678. The number of hydrogen-bond acceptors (Lipinski definition) is 6. The van der Waals surface area contributed by atoms with Crippen LogP contribution in [0.2, 0.25) is 0 Å². The first-order chi connectivity index (χ1) is 9.95. The number of aliphatic carboxylic acids is 1. The van der Waals surface area contributed by atoms with Crippen molar-refractivity contribution in [3.05, 3.63) is 45.4 Å². The highest BCUT2D eigenvalue weighted by Gasteiger charge is 2.13. The van der Waals surface area contributed by atoms with E-state index in [-0.39, 0.29) is 23.8 Å². The van der Waals surface area contributed by atoms with E-state index in [2.05, 4.69) is 4.98 Å². The van der Waals surface area contributed by atoms with E-state index in [1.54, 1.807) is 5.38 Å². The van der Waals surface area contributed by atoms with E-state index in [9.17, 15) is 14.7 Å². The fourth-order valence-corrected chi connectivity index (χ4v) is 2.48. The summed E-state index contributed by atoms with van der Waals surface area (Å²) >= 11 is 1.11. The number of hydrogen-bond donors (Lipinski definition) is 0. The van der Waals surface area contributed by atoms with Gasteiger partial charge in [-0.25, -0.2) is 4.98 Å². The minimum absolute atomic E-state index is 0.122. The summed E-state index contributed by atoms with van der Waals surface area (Å²) in [5.74, 6) is -0.827. The molecule has 0 spiro atoms. The van der Waals surface area contributed by atoms with Gasteiger partial charge in [0.25, 0.3) is 0 Å². The third-order valence-electron chi connectivity index (χ3n) is 2.82. The van der Waals surface area contributed by atoms with E-state index in [1.165, 1.54) is 0 Å². The van der Waals surface area contributed by atoms with Crippen LogP contribution >= 0.6 is 11.3 Å². The van der Waals surface area contributed by atoms with Crippen LogP contribution in [0.4, 0.5) is 0 Å². The lowest BCUT2D eigenvalue weighted by atomic mass is 10.1. The molecular formula is C15H14NO4S-. The highest BCUT2D eigenvalue weighted by molar-refractivity contribution is 7.11. The van der Waals surface area contributed by atoms with Crippen LogP contribution in [0.5, 0.6) is 5.75 Å². The first-order valence-corrected chi connectivity index (χ1v) is 7.21. The van der Waals surface area contributed by atoms with Crippen LogP contribution in [0.15, 0.2) is 23.6 Å². The zero-order valence-electron chi connectivity index (χ0n) is 11.7. The fourth-order valence-electron chi connectivity index (χ4n) is 1.73. The Labute approximate surface area is 126 Å². The molecule has 0 atom stereocenters. The van der Waals surface area contributed by atoms with Gasteiger partial charge < -0.3 is 14.6 Å². The molecule has 21 heavy (non-hydrogen) atoms. The lowest BCUT2D eigenvalue weighted by molar-refractivity contribution is -0.304. The van der Waals surface area contributed by atoms with Crippen LogP contribution in [0.1, 0.15) is 26.6 Å². The summed E-state index contributed by atoms with van der Waals surface area (Å²) in [6.07, 6.45) is -0.290. The molecular weight excluding hydrogens is 290 g/mol. The molecule has 2 rings (SSSR count). The summed E-state index contributed by atoms with van der Waals surface area (Å²) in [7, 11) is 0. The van der Waals surface area contributed by atoms with Gasteiger partial charge >= 0.3 is 0 Å². The van der Waals surface area contributed by atoms with Crippen molar-refractivity contribution in [3.63, 3.8) is 0 Å². The number of aromatic nitrogens is 1. The number of carbonyl (C=O) groups excluding carboxylic acids is 2. The number of Topliss-reactive ketones (excluding diaryl/α,β-unsaturated/α-hetero) is 1. The average Bonchev–Trinajstić information content (AvgIpc) is 2.87. The maximum absolute atomic E-state index is 12.0. The zero-order valence-corrected chi connectivity index (χ0v) is 12.5. The molecule has 1 heterocycles. The molecule has 0 N–H and O–H groups in total. The predicted molar refractivity (Wildman–Crippen MR) is 76.6 cm³/mol. The number of ether oxygens (including phenoxy) is 1. The van der Waals surface area contributed by atoms with Crippen molar-refractivity contribution < 1.29 is 19.4 Å². The van der Waals surface area contributed by atoms with E-state index in [4.69, 9.17) is 4.74 Å². The Hall–Kier alpha value is -2.21. The highest BCUT2D eigenvalue weighted by atomic mass is 32.1. The summed E-state index contributed by atoms with van der Waals surface area (Å²) in [4.78, 5) is 26.4. The molecule has 0 saturated carbocycles. The molecule has 0 aliphatic rings. The summed E-state index contributed by atoms with van der Waals surface area (Å²) in [6.45, 7) is 3.73. The normalized spacial score (nSPS) is 10.4. The molecule has 0 aliphatic heterocycles. The van der Waals surface area contributed by atoms with E-state index in [0.717, 1.165) is 22.5 Å². The average molecular weight is 304 g/mol. The van der Waals surface area contributed by atoms with Gasteiger partial charge in [0.15, 0.2) is 11.6 Å². The molecule has 0 radical (unpaired) electrons. The Morgan fingerprint density at radius 3 is 2.81 bits per heavy atom. The van der Waals surface area contributed by atoms with Crippen molar-refractivity contribution in [2.24, 2.45) is 0 Å². The number of rotatable bonds is 6. The van der Waals surface area contributed by atoms with Gasteiger partial charge in [-0.15, -0.1) is 11.3 Å². The number of benzene rings is 1. The Kier molecular flexibility index (Phi) is 4.70. The van der Waals surface area contributed by atoms with Gasteiger partial charge in [0.1, 0.15) is 5.75 Å². The van der Waals surface area contributed by atoms with E-state index in [0.29, 0.717) is 11.4 Å². The molecule has 0 amide bonds. The van der Waals surface area contributed by atoms with E-state index < -0.39 is 5.97 Å². The molecule has 0 bridgehead atoms. The predicted octanol–water partition coefficient (Wildman–Crippen LogP) is 1.31. The second kappa shape index (κ2) is 6.49. The van der Waals surface area contributed by atoms with Crippen molar-refractivity contribution in [2.75, 3.05) is 6.61 Å². The molecule has 1 aromatic heterocycles. The summed E-state index contributed by atoms with van der Waals surface area (Å²) in [5, 5.41) is 12.3. The van der Waals surface area contributed by atoms with Crippen LogP contribution < -0.4 is 9.84 Å². The molecule has 2 aromatic rings. The third-order valence-corrected chi connectivity index (χ3v) is 3.75. The largest absolute Gasteiger partial charge is 0.550 e. The molecule has 0 fully saturated rings. The van der Waals surface area contributed by atoms with Crippen LogP contribution in [-0.4, -0.2) is 23.3 Å². The second-order valence-electron chi connectivity index (χ2n) is 4.67. The fraction of sp³-hybridized carbons (Fsp3) is 0.267. The molecule has 0 unspecified atom stereocenters. The first kappa shape index (κ1) is 15.2. The van der Waals surface area contributed by atoms with Crippen molar-refractivity contribution >= 4 is 23.1 Å². The number of aryl methyl sites for hydroxylation is 2. The van der Waals surface area contributed by atoms with Crippen LogP contribution in [0.3, 0.4) is 0 Å². The van der Waals surface area contributed by atoms with Gasteiger partial charge in [-0.3, -0.25) is 4.79 Å². The number of nitrogens with zero attached hydrogens (tertiary/aromatic N) is 1. The van der Waals surface area contributed by atoms with Gasteiger partial charge in [-0.1, -0.05) is 12.1 Å². The smallest absolute Gasteiger partial charge is 0.228 e. The summed E-state index contributed by atoms with van der Waals surface area (Å²) < 4.78 is 5.51. The zero-order chi connectivity index (χ0) is 15.4.